The van der Waals surface area contributed by atoms with E-state index in [1.807, 2.05) is 4.90 Å². The molecule has 3 rings (SSSR count). The third-order valence-electron chi connectivity index (χ3n) is 4.98. The van der Waals surface area contributed by atoms with E-state index >= 15 is 0 Å². The smallest absolute Gasteiger partial charge is 0.407 e. The Morgan fingerprint density at radius 3 is 2.83 bits per heavy atom. The molecule has 0 aromatic heterocycles. The normalized spacial score (nSPS) is 25.0. The average Bonchev–Trinajstić information content (AvgIpc) is 2.54. The van der Waals surface area contributed by atoms with Crippen LogP contribution in [0.2, 0.25) is 0 Å². The molecule has 2 aliphatic heterocycles. The lowest BCUT2D eigenvalue weighted by atomic mass is 9.88. The van der Waals surface area contributed by atoms with Crippen LogP contribution in [0.4, 0.5) is 9.18 Å². The first-order chi connectivity index (χ1) is 11.5. The molecular weight excluding hydrogens is 313 g/mol. The Labute approximate surface area is 140 Å². The number of carbonyl (C=O) groups excluding carboxylic acids is 1. The highest BCUT2D eigenvalue weighted by molar-refractivity contribution is 5.79. The number of rotatable bonds is 2. The third-order valence-corrected chi connectivity index (χ3v) is 4.98. The lowest BCUT2D eigenvalue weighted by molar-refractivity contribution is -0.135. The summed E-state index contributed by atoms with van der Waals surface area (Å²) in [7, 11) is 0. The van der Waals surface area contributed by atoms with E-state index in [-0.39, 0.29) is 23.8 Å². The highest BCUT2D eigenvalue weighted by atomic mass is 19.1. The highest BCUT2D eigenvalue weighted by Gasteiger charge is 2.37. The van der Waals surface area contributed by atoms with Crippen molar-refractivity contribution < 1.29 is 19.1 Å². The number of nitrogens with zero attached hydrogens (tertiary/aromatic N) is 2. The first-order valence-corrected chi connectivity index (χ1v) is 8.23. The van der Waals surface area contributed by atoms with Crippen molar-refractivity contribution in [2.75, 3.05) is 26.2 Å². The molecule has 2 fully saturated rings. The summed E-state index contributed by atoms with van der Waals surface area (Å²) in [4.78, 5) is 27.0. The Hall–Kier alpha value is -2.15. The zero-order valence-corrected chi connectivity index (χ0v) is 13.7. The van der Waals surface area contributed by atoms with Crippen LogP contribution in [0.25, 0.3) is 0 Å². The number of halogens is 1. The molecule has 0 bridgehead atoms. The molecule has 130 valence electrons. The molecule has 0 unspecified atom stereocenters. The summed E-state index contributed by atoms with van der Waals surface area (Å²) < 4.78 is 13.4. The van der Waals surface area contributed by atoms with E-state index in [0.29, 0.717) is 32.5 Å². The van der Waals surface area contributed by atoms with E-state index in [2.05, 4.69) is 5.32 Å². The van der Waals surface area contributed by atoms with E-state index in [1.165, 1.54) is 17.0 Å². The molecule has 0 radical (unpaired) electrons. The largest absolute Gasteiger partial charge is 0.465 e. The van der Waals surface area contributed by atoms with Gasteiger partial charge in [-0.3, -0.25) is 4.79 Å². The molecule has 0 saturated carbocycles. The first kappa shape index (κ1) is 16.7. The summed E-state index contributed by atoms with van der Waals surface area (Å²) in [6.07, 6.45) is 0.202. The van der Waals surface area contributed by atoms with E-state index in [9.17, 15) is 19.1 Å². The number of aryl methyl sites for hydroxylation is 1. The number of piperidine rings is 1. The quantitative estimate of drug-likeness (QED) is 0.864. The van der Waals surface area contributed by atoms with Gasteiger partial charge in [-0.2, -0.15) is 0 Å². The Kier molecular flexibility index (Phi) is 4.71. The maximum atomic E-state index is 13.4. The molecule has 2 atom stereocenters. The predicted octanol–water partition coefficient (Wildman–Crippen LogP) is 1.75. The molecule has 2 saturated heterocycles. The Bertz CT molecular complexity index is 652. The molecule has 2 heterocycles. The highest BCUT2D eigenvalue weighted by Crippen LogP contribution is 2.35. The van der Waals surface area contributed by atoms with Crippen molar-refractivity contribution in [3.8, 4) is 0 Å². The minimum atomic E-state index is -0.978. The van der Waals surface area contributed by atoms with Gasteiger partial charge in [-0.05, 0) is 43.0 Å². The van der Waals surface area contributed by atoms with E-state index in [4.69, 9.17) is 0 Å². The van der Waals surface area contributed by atoms with E-state index in [0.717, 1.165) is 17.7 Å². The fraction of sp³-hybridized carbons (Fsp3) is 0.529. The first-order valence-electron chi connectivity index (χ1n) is 8.23. The van der Waals surface area contributed by atoms with Crippen LogP contribution < -0.4 is 5.32 Å². The Morgan fingerprint density at radius 1 is 1.38 bits per heavy atom. The third kappa shape index (κ3) is 3.21. The predicted molar refractivity (Wildman–Crippen MR) is 86.2 cm³/mol. The zero-order valence-electron chi connectivity index (χ0n) is 13.7. The maximum Gasteiger partial charge on any atom is 0.407 e. The number of likely N-dealkylation sites (tertiary alicyclic amines) is 1. The molecule has 6 nitrogen and oxygen atoms in total. The summed E-state index contributed by atoms with van der Waals surface area (Å²) in [6.45, 7) is 3.90. The van der Waals surface area contributed by atoms with E-state index in [1.54, 1.807) is 13.0 Å². The second-order valence-corrected chi connectivity index (χ2v) is 6.43. The van der Waals surface area contributed by atoms with Gasteiger partial charge in [-0.25, -0.2) is 9.18 Å². The lowest BCUT2D eigenvalue weighted by Gasteiger charge is -2.44. The van der Waals surface area contributed by atoms with Gasteiger partial charge in [0.1, 0.15) is 5.82 Å². The lowest BCUT2D eigenvalue weighted by Crippen LogP contribution is -2.56. The van der Waals surface area contributed by atoms with Crippen LogP contribution in [0.15, 0.2) is 18.2 Å². The molecule has 1 aromatic carbocycles. The minimum absolute atomic E-state index is 0.0182. The van der Waals surface area contributed by atoms with Gasteiger partial charge in [0, 0.05) is 25.7 Å². The van der Waals surface area contributed by atoms with Crippen LogP contribution in [0, 0.1) is 12.7 Å². The van der Waals surface area contributed by atoms with Crippen LogP contribution in [0.1, 0.15) is 30.0 Å². The second-order valence-electron chi connectivity index (χ2n) is 6.43. The van der Waals surface area contributed by atoms with Gasteiger partial charge >= 0.3 is 6.09 Å². The number of hydrogen-bond donors (Lipinski definition) is 2. The van der Waals surface area contributed by atoms with Crippen molar-refractivity contribution in [1.29, 1.82) is 0 Å². The van der Waals surface area contributed by atoms with Gasteiger partial charge in [0.05, 0.1) is 12.6 Å². The maximum absolute atomic E-state index is 13.4. The number of nitrogens with one attached hydrogen (secondary N) is 1. The monoisotopic (exact) mass is 335 g/mol. The number of hydrogen-bond acceptors (Lipinski definition) is 3. The molecular formula is C17H22FN3O3. The molecule has 24 heavy (non-hydrogen) atoms. The van der Waals surface area contributed by atoms with Crippen LogP contribution in [-0.4, -0.2) is 59.1 Å². The summed E-state index contributed by atoms with van der Waals surface area (Å²) in [5.41, 5.74) is 1.55. The fourth-order valence-corrected chi connectivity index (χ4v) is 3.77. The fourth-order valence-electron chi connectivity index (χ4n) is 3.77. The van der Waals surface area contributed by atoms with Crippen LogP contribution in [0.3, 0.4) is 0 Å². The molecule has 0 aliphatic carbocycles. The van der Waals surface area contributed by atoms with Crippen molar-refractivity contribution in [3.05, 3.63) is 35.1 Å². The minimum Gasteiger partial charge on any atom is -0.465 e. The molecule has 2 N–H and O–H groups in total. The van der Waals surface area contributed by atoms with Crippen molar-refractivity contribution >= 4 is 12.0 Å². The molecule has 2 aliphatic rings. The van der Waals surface area contributed by atoms with Crippen molar-refractivity contribution in [3.63, 3.8) is 0 Å². The summed E-state index contributed by atoms with van der Waals surface area (Å²) in [5, 5.41) is 12.6. The molecule has 0 spiro atoms. The number of amides is 2. The molecule has 7 heteroatoms. The summed E-state index contributed by atoms with van der Waals surface area (Å²) >= 11 is 0. The standard InChI is InChI=1S/C17H22FN3O3/c1-11-8-12(18)2-3-14(11)15-9-13(4-6-21(15)17(23)24)20-7-5-19-10-16(20)22/h2-3,8,13,15,19H,4-7,9-10H2,1H3,(H,23,24)/t13-,15+/m0/s1. The van der Waals surface area contributed by atoms with Gasteiger partial charge in [-0.15, -0.1) is 0 Å². The van der Waals surface area contributed by atoms with Gasteiger partial charge in [0.2, 0.25) is 5.91 Å². The van der Waals surface area contributed by atoms with Crippen LogP contribution >= 0.6 is 0 Å². The number of carbonyl (C=O) groups is 2. The van der Waals surface area contributed by atoms with Crippen molar-refractivity contribution in [2.24, 2.45) is 0 Å². The number of carboxylic acid groups (broad SMARTS) is 1. The van der Waals surface area contributed by atoms with Gasteiger partial charge in [0.25, 0.3) is 0 Å². The van der Waals surface area contributed by atoms with Gasteiger partial charge < -0.3 is 20.2 Å². The van der Waals surface area contributed by atoms with E-state index < -0.39 is 6.09 Å². The van der Waals surface area contributed by atoms with Gasteiger partial charge in [0.15, 0.2) is 0 Å². The summed E-state index contributed by atoms with van der Waals surface area (Å²) in [6, 6.07) is 4.11. The average molecular weight is 335 g/mol. The topological polar surface area (TPSA) is 72.9 Å². The zero-order chi connectivity index (χ0) is 17.3. The molecule has 2 amide bonds. The van der Waals surface area contributed by atoms with Crippen LogP contribution in [0.5, 0.6) is 0 Å². The van der Waals surface area contributed by atoms with Gasteiger partial charge in [-0.1, -0.05) is 6.07 Å². The molecule has 1 aromatic rings. The van der Waals surface area contributed by atoms with Crippen molar-refractivity contribution in [1.82, 2.24) is 15.1 Å². The second kappa shape index (κ2) is 6.76. The Balaban J connectivity index is 1.87. The van der Waals surface area contributed by atoms with Crippen LogP contribution in [-0.2, 0) is 4.79 Å². The summed E-state index contributed by atoms with van der Waals surface area (Å²) in [5.74, 6) is -0.271. The number of piperazine rings is 1. The van der Waals surface area contributed by atoms with Crippen molar-refractivity contribution in [2.45, 2.75) is 31.8 Å². The SMILES string of the molecule is Cc1cc(F)ccc1[C@H]1C[C@@H](N2CCNCC2=O)CCN1C(=O)O. The number of benzene rings is 1. The Morgan fingerprint density at radius 2 is 2.17 bits per heavy atom.